The summed E-state index contributed by atoms with van der Waals surface area (Å²) in [5.74, 6) is 0.134. The molecule has 1 rings (SSSR count). The van der Waals surface area contributed by atoms with Crippen LogP contribution in [-0.2, 0) is 6.54 Å². The van der Waals surface area contributed by atoms with Gasteiger partial charge in [0.2, 0.25) is 5.91 Å². The number of aliphatic hydroxyl groups excluding tert-OH is 1. The van der Waals surface area contributed by atoms with E-state index in [0.717, 1.165) is 30.8 Å². The molecule has 0 fully saturated rings. The number of primary amides is 1. The Balaban J connectivity index is 2.32. The molecule has 1 atom stereocenters. The topological polar surface area (TPSA) is 75.3 Å². The van der Waals surface area contributed by atoms with Crippen LogP contribution in [0.25, 0.3) is 0 Å². The first kappa shape index (κ1) is 14.2. The molecule has 4 N–H and O–H groups in total. The Hall–Kier alpha value is -0.910. The second-order valence-electron chi connectivity index (χ2n) is 4.08. The van der Waals surface area contributed by atoms with Gasteiger partial charge in [-0.1, -0.05) is 13.3 Å². The molecule has 0 radical (unpaired) electrons. The standard InChI is InChI=1S/C12H20N2O2S/c1-2-9(3-4-15)6-14-7-11-5-10(8-17-11)12(13)16/h5,8-9,14-15H,2-4,6-7H2,1H3,(H2,13,16). The van der Waals surface area contributed by atoms with Crippen molar-refractivity contribution in [1.82, 2.24) is 5.32 Å². The zero-order valence-corrected chi connectivity index (χ0v) is 10.9. The maximum atomic E-state index is 10.9. The molecule has 96 valence electrons. The number of aliphatic hydroxyl groups is 1. The predicted octanol–water partition coefficient (Wildman–Crippen LogP) is 1.35. The minimum absolute atomic E-state index is 0.241. The number of carbonyl (C=O) groups is 1. The molecular weight excluding hydrogens is 236 g/mol. The van der Waals surface area contributed by atoms with Crippen LogP contribution < -0.4 is 11.1 Å². The SMILES string of the molecule is CCC(CCO)CNCc1cc(C(N)=O)cs1. The highest BCUT2D eigenvalue weighted by Crippen LogP contribution is 2.14. The first-order valence-corrected chi connectivity index (χ1v) is 6.74. The van der Waals surface area contributed by atoms with E-state index in [1.807, 2.05) is 6.07 Å². The van der Waals surface area contributed by atoms with E-state index < -0.39 is 0 Å². The summed E-state index contributed by atoms with van der Waals surface area (Å²) in [6.45, 7) is 4.00. The average molecular weight is 256 g/mol. The molecular formula is C12H20N2O2S. The van der Waals surface area contributed by atoms with E-state index in [0.29, 0.717) is 11.5 Å². The molecule has 5 heteroatoms. The van der Waals surface area contributed by atoms with Crippen LogP contribution in [0.1, 0.15) is 35.0 Å². The molecule has 0 spiro atoms. The highest BCUT2D eigenvalue weighted by molar-refractivity contribution is 7.10. The lowest BCUT2D eigenvalue weighted by molar-refractivity contribution is 0.100. The number of carbonyl (C=O) groups excluding carboxylic acids is 1. The molecule has 1 aromatic heterocycles. The fourth-order valence-electron chi connectivity index (χ4n) is 1.64. The van der Waals surface area contributed by atoms with Crippen LogP contribution in [0.5, 0.6) is 0 Å². The fourth-order valence-corrected chi connectivity index (χ4v) is 2.48. The smallest absolute Gasteiger partial charge is 0.249 e. The van der Waals surface area contributed by atoms with Crippen LogP contribution in [-0.4, -0.2) is 24.2 Å². The van der Waals surface area contributed by atoms with Gasteiger partial charge in [-0.3, -0.25) is 4.79 Å². The summed E-state index contributed by atoms with van der Waals surface area (Å²) >= 11 is 1.54. The molecule has 4 nitrogen and oxygen atoms in total. The second kappa shape index (κ2) is 7.42. The summed E-state index contributed by atoms with van der Waals surface area (Å²) < 4.78 is 0. The third-order valence-electron chi connectivity index (χ3n) is 2.79. The van der Waals surface area contributed by atoms with Gasteiger partial charge in [0.1, 0.15) is 0 Å². The van der Waals surface area contributed by atoms with E-state index in [-0.39, 0.29) is 12.5 Å². The molecule has 0 aliphatic heterocycles. The van der Waals surface area contributed by atoms with Crippen LogP contribution in [0.3, 0.4) is 0 Å². The summed E-state index contributed by atoms with van der Waals surface area (Å²) in [7, 11) is 0. The number of nitrogens with one attached hydrogen (secondary N) is 1. The van der Waals surface area contributed by atoms with Crippen LogP contribution in [0.2, 0.25) is 0 Å². The Morgan fingerprint density at radius 2 is 2.41 bits per heavy atom. The van der Waals surface area contributed by atoms with Gasteiger partial charge in [-0.05, 0) is 24.9 Å². The second-order valence-corrected chi connectivity index (χ2v) is 5.08. The molecule has 0 aliphatic rings. The summed E-state index contributed by atoms with van der Waals surface area (Å²) in [6, 6.07) is 1.83. The summed E-state index contributed by atoms with van der Waals surface area (Å²) in [6.07, 6.45) is 1.89. The Morgan fingerprint density at radius 1 is 1.65 bits per heavy atom. The lowest BCUT2D eigenvalue weighted by atomic mass is 10.0. The number of thiophene rings is 1. The van der Waals surface area contributed by atoms with Crippen molar-refractivity contribution in [1.29, 1.82) is 0 Å². The molecule has 1 amide bonds. The summed E-state index contributed by atoms with van der Waals surface area (Å²) in [5.41, 5.74) is 5.76. The number of hydrogen-bond acceptors (Lipinski definition) is 4. The van der Waals surface area contributed by atoms with Crippen molar-refractivity contribution >= 4 is 17.2 Å². The van der Waals surface area contributed by atoms with Crippen LogP contribution in [0.15, 0.2) is 11.4 Å². The van der Waals surface area contributed by atoms with E-state index in [2.05, 4.69) is 12.2 Å². The highest BCUT2D eigenvalue weighted by Gasteiger charge is 2.07. The van der Waals surface area contributed by atoms with Gasteiger partial charge >= 0.3 is 0 Å². The normalized spacial score (nSPS) is 12.6. The minimum Gasteiger partial charge on any atom is -0.396 e. The van der Waals surface area contributed by atoms with Crippen molar-refractivity contribution in [2.24, 2.45) is 11.7 Å². The Morgan fingerprint density at radius 3 is 2.94 bits per heavy atom. The van der Waals surface area contributed by atoms with Gasteiger partial charge in [0.25, 0.3) is 0 Å². The molecule has 0 saturated carbocycles. The zero-order chi connectivity index (χ0) is 12.7. The van der Waals surface area contributed by atoms with Gasteiger partial charge in [0.05, 0.1) is 5.56 Å². The van der Waals surface area contributed by atoms with E-state index >= 15 is 0 Å². The summed E-state index contributed by atoms with van der Waals surface area (Å²) in [4.78, 5) is 12.0. The minimum atomic E-state index is -0.376. The van der Waals surface area contributed by atoms with Crippen molar-refractivity contribution in [2.45, 2.75) is 26.3 Å². The summed E-state index contributed by atoms with van der Waals surface area (Å²) in [5, 5.41) is 14.0. The third-order valence-corrected chi connectivity index (χ3v) is 3.72. The van der Waals surface area contributed by atoms with Crippen molar-refractivity contribution in [3.8, 4) is 0 Å². The third kappa shape index (κ3) is 4.85. The number of rotatable bonds is 8. The fraction of sp³-hybridized carbons (Fsp3) is 0.583. The van der Waals surface area contributed by atoms with Crippen LogP contribution in [0, 0.1) is 5.92 Å². The molecule has 1 heterocycles. The maximum absolute atomic E-state index is 10.9. The Kier molecular flexibility index (Phi) is 6.18. The van der Waals surface area contributed by atoms with E-state index in [1.165, 1.54) is 11.3 Å². The van der Waals surface area contributed by atoms with Gasteiger partial charge in [-0.2, -0.15) is 0 Å². The van der Waals surface area contributed by atoms with Crippen molar-refractivity contribution < 1.29 is 9.90 Å². The maximum Gasteiger partial charge on any atom is 0.249 e. The Labute approximate surface area is 106 Å². The molecule has 0 aliphatic carbocycles. The van der Waals surface area contributed by atoms with Gasteiger partial charge in [0.15, 0.2) is 0 Å². The largest absolute Gasteiger partial charge is 0.396 e. The van der Waals surface area contributed by atoms with Crippen molar-refractivity contribution in [2.75, 3.05) is 13.2 Å². The van der Waals surface area contributed by atoms with E-state index in [1.54, 1.807) is 5.38 Å². The van der Waals surface area contributed by atoms with Crippen LogP contribution in [0.4, 0.5) is 0 Å². The average Bonchev–Trinajstić information content (AvgIpc) is 2.77. The molecule has 1 unspecified atom stereocenters. The first-order valence-electron chi connectivity index (χ1n) is 5.86. The highest BCUT2D eigenvalue weighted by atomic mass is 32.1. The van der Waals surface area contributed by atoms with Crippen LogP contribution >= 0.6 is 11.3 Å². The van der Waals surface area contributed by atoms with Gasteiger partial charge < -0.3 is 16.2 Å². The van der Waals surface area contributed by atoms with Gasteiger partial charge in [0, 0.05) is 23.4 Å². The number of amides is 1. The molecule has 0 aromatic carbocycles. The number of hydrogen-bond donors (Lipinski definition) is 3. The zero-order valence-electron chi connectivity index (χ0n) is 10.1. The molecule has 1 aromatic rings. The lowest BCUT2D eigenvalue weighted by Gasteiger charge is -2.13. The number of nitrogens with two attached hydrogens (primary N) is 1. The first-order chi connectivity index (χ1) is 8.17. The lowest BCUT2D eigenvalue weighted by Crippen LogP contribution is -2.22. The van der Waals surface area contributed by atoms with Crippen molar-refractivity contribution in [3.05, 3.63) is 21.9 Å². The molecule has 0 bridgehead atoms. The quantitative estimate of drug-likeness (QED) is 0.657. The van der Waals surface area contributed by atoms with Gasteiger partial charge in [-0.15, -0.1) is 11.3 Å². The predicted molar refractivity (Wildman–Crippen MR) is 70.0 cm³/mol. The van der Waals surface area contributed by atoms with Gasteiger partial charge in [-0.25, -0.2) is 0 Å². The van der Waals surface area contributed by atoms with Crippen molar-refractivity contribution in [3.63, 3.8) is 0 Å². The van der Waals surface area contributed by atoms with E-state index in [9.17, 15) is 4.79 Å². The molecule has 0 saturated heterocycles. The monoisotopic (exact) mass is 256 g/mol. The molecule has 17 heavy (non-hydrogen) atoms. The Bertz CT molecular complexity index is 352. The van der Waals surface area contributed by atoms with E-state index in [4.69, 9.17) is 10.8 Å².